The van der Waals surface area contributed by atoms with Crippen molar-refractivity contribution >= 4 is 11.3 Å². The first-order valence-electron chi connectivity index (χ1n) is 6.86. The smallest absolute Gasteiger partial charge is 0.107 e. The largest absolute Gasteiger partial charge is 0.299 e. The molecular weight excluding hydrogens is 254 g/mol. The van der Waals surface area contributed by atoms with Gasteiger partial charge in [-0.25, -0.2) is 4.98 Å². The molecule has 0 aliphatic heterocycles. The monoisotopic (exact) mass is 273 g/mol. The van der Waals surface area contributed by atoms with E-state index in [-0.39, 0.29) is 0 Å². The van der Waals surface area contributed by atoms with Gasteiger partial charge < -0.3 is 0 Å². The summed E-state index contributed by atoms with van der Waals surface area (Å²) >= 11 is 1.91. The zero-order valence-electron chi connectivity index (χ0n) is 11.3. The molecule has 0 spiro atoms. The molecule has 0 aromatic carbocycles. The molecule has 3 nitrogen and oxygen atoms in total. The quantitative estimate of drug-likeness (QED) is 0.838. The summed E-state index contributed by atoms with van der Waals surface area (Å²) in [7, 11) is 2.17. The lowest BCUT2D eigenvalue weighted by atomic mass is 10.2. The second-order valence-corrected chi connectivity index (χ2v) is 6.34. The zero-order chi connectivity index (χ0) is 13.1. The number of thiazole rings is 1. The van der Waals surface area contributed by atoms with Gasteiger partial charge in [-0.1, -0.05) is 0 Å². The number of aromatic nitrogens is 2. The van der Waals surface area contributed by atoms with Crippen LogP contribution < -0.4 is 0 Å². The molecule has 2 aromatic rings. The lowest BCUT2D eigenvalue weighted by molar-refractivity contribution is 0.330. The molecular formula is C15H19N3S. The van der Waals surface area contributed by atoms with Crippen molar-refractivity contribution in [1.29, 1.82) is 0 Å². The molecule has 0 fully saturated rings. The predicted molar refractivity (Wildman–Crippen MR) is 78.4 cm³/mol. The van der Waals surface area contributed by atoms with E-state index >= 15 is 0 Å². The first-order valence-corrected chi connectivity index (χ1v) is 7.68. The Morgan fingerprint density at radius 3 is 2.89 bits per heavy atom. The molecule has 0 amide bonds. The minimum atomic E-state index is 0.975. The van der Waals surface area contributed by atoms with Crippen LogP contribution in [0.2, 0.25) is 0 Å². The maximum Gasteiger partial charge on any atom is 0.107 e. The summed E-state index contributed by atoms with van der Waals surface area (Å²) in [5.41, 5.74) is 2.71. The molecule has 0 atom stereocenters. The Morgan fingerprint density at radius 1 is 1.26 bits per heavy atom. The highest BCUT2D eigenvalue weighted by Gasteiger charge is 2.17. The third-order valence-electron chi connectivity index (χ3n) is 3.58. The van der Waals surface area contributed by atoms with Crippen molar-refractivity contribution in [2.75, 3.05) is 13.6 Å². The first kappa shape index (κ1) is 12.8. The van der Waals surface area contributed by atoms with Gasteiger partial charge in [0.2, 0.25) is 0 Å². The Bertz CT molecular complexity index is 514. The van der Waals surface area contributed by atoms with Crippen molar-refractivity contribution in [2.24, 2.45) is 0 Å². The van der Waals surface area contributed by atoms with Crippen molar-refractivity contribution in [3.05, 3.63) is 45.7 Å². The van der Waals surface area contributed by atoms with E-state index in [0.717, 1.165) is 19.5 Å². The number of nitrogens with zero attached hydrogens (tertiary/aromatic N) is 3. The molecule has 0 unspecified atom stereocenters. The van der Waals surface area contributed by atoms with Crippen LogP contribution in [0.3, 0.4) is 0 Å². The summed E-state index contributed by atoms with van der Waals surface area (Å²) in [5.74, 6) is 0. The van der Waals surface area contributed by atoms with Crippen molar-refractivity contribution in [3.8, 4) is 0 Å². The van der Waals surface area contributed by atoms with Gasteiger partial charge in [0.25, 0.3) is 0 Å². The van der Waals surface area contributed by atoms with Crippen LogP contribution in [0.5, 0.6) is 0 Å². The van der Waals surface area contributed by atoms with E-state index in [9.17, 15) is 0 Å². The van der Waals surface area contributed by atoms with Gasteiger partial charge in [-0.05, 0) is 50.4 Å². The Morgan fingerprint density at radius 2 is 2.11 bits per heavy atom. The highest BCUT2D eigenvalue weighted by molar-refractivity contribution is 7.11. The van der Waals surface area contributed by atoms with Crippen LogP contribution in [0.25, 0.3) is 0 Å². The minimum absolute atomic E-state index is 0.975. The summed E-state index contributed by atoms with van der Waals surface area (Å²) < 4.78 is 0. The molecule has 1 aliphatic carbocycles. The molecule has 100 valence electrons. The average molecular weight is 273 g/mol. The first-order chi connectivity index (χ1) is 9.31. The maximum absolute atomic E-state index is 4.75. The van der Waals surface area contributed by atoms with Gasteiger partial charge in [-0.3, -0.25) is 9.88 Å². The van der Waals surface area contributed by atoms with E-state index in [2.05, 4.69) is 29.1 Å². The van der Waals surface area contributed by atoms with Crippen molar-refractivity contribution < 1.29 is 0 Å². The number of rotatable bonds is 5. The number of fused-ring (bicyclic) bond motifs is 1. The molecule has 0 saturated carbocycles. The SMILES string of the molecule is CN(CCc1ccncc1)Cc1nc2c(s1)CCC2. The molecule has 2 heterocycles. The number of aryl methyl sites for hydroxylation is 2. The van der Waals surface area contributed by atoms with E-state index in [1.54, 1.807) is 0 Å². The normalized spacial score (nSPS) is 14.0. The molecule has 1 aliphatic rings. The van der Waals surface area contributed by atoms with Crippen molar-refractivity contribution in [2.45, 2.75) is 32.2 Å². The van der Waals surface area contributed by atoms with Crippen LogP contribution in [-0.4, -0.2) is 28.5 Å². The number of likely N-dealkylation sites (N-methyl/N-ethyl adjacent to an activating group) is 1. The summed E-state index contributed by atoms with van der Waals surface area (Å²) in [6, 6.07) is 4.18. The molecule has 0 N–H and O–H groups in total. The standard InChI is InChI=1S/C15H19N3S/c1-18(10-7-12-5-8-16-9-6-12)11-15-17-13-3-2-4-14(13)19-15/h5-6,8-9H,2-4,7,10-11H2,1H3. The van der Waals surface area contributed by atoms with Crippen LogP contribution in [0.1, 0.15) is 27.6 Å². The Balaban J connectivity index is 1.52. The highest BCUT2D eigenvalue weighted by Crippen LogP contribution is 2.27. The lowest BCUT2D eigenvalue weighted by Gasteiger charge is -2.14. The van der Waals surface area contributed by atoms with Gasteiger partial charge in [0.1, 0.15) is 5.01 Å². The fourth-order valence-corrected chi connectivity index (χ4v) is 3.73. The lowest BCUT2D eigenvalue weighted by Crippen LogP contribution is -2.20. The van der Waals surface area contributed by atoms with Gasteiger partial charge in [0.05, 0.1) is 12.2 Å². The molecule has 2 aromatic heterocycles. The number of hydrogen-bond acceptors (Lipinski definition) is 4. The van der Waals surface area contributed by atoms with Crippen LogP contribution >= 0.6 is 11.3 Å². The fraction of sp³-hybridized carbons (Fsp3) is 0.467. The minimum Gasteiger partial charge on any atom is -0.299 e. The van der Waals surface area contributed by atoms with E-state index in [0.29, 0.717) is 0 Å². The third-order valence-corrected chi connectivity index (χ3v) is 4.72. The van der Waals surface area contributed by atoms with Gasteiger partial charge in [0, 0.05) is 23.8 Å². The third kappa shape index (κ3) is 3.19. The van der Waals surface area contributed by atoms with Crippen LogP contribution in [0, 0.1) is 0 Å². The van der Waals surface area contributed by atoms with Crippen LogP contribution in [0.4, 0.5) is 0 Å². The van der Waals surface area contributed by atoms with Gasteiger partial charge >= 0.3 is 0 Å². The number of pyridine rings is 1. The fourth-order valence-electron chi connectivity index (χ4n) is 2.49. The highest BCUT2D eigenvalue weighted by atomic mass is 32.1. The molecule has 4 heteroatoms. The zero-order valence-corrected chi connectivity index (χ0v) is 12.1. The summed E-state index contributed by atoms with van der Waals surface area (Å²) in [6.45, 7) is 2.04. The summed E-state index contributed by atoms with van der Waals surface area (Å²) in [5, 5.41) is 1.28. The van der Waals surface area contributed by atoms with Crippen LogP contribution in [-0.2, 0) is 25.8 Å². The topological polar surface area (TPSA) is 29.0 Å². The Kier molecular flexibility index (Phi) is 3.89. The van der Waals surface area contributed by atoms with E-state index in [1.165, 1.54) is 40.4 Å². The van der Waals surface area contributed by atoms with Crippen molar-refractivity contribution in [3.63, 3.8) is 0 Å². The Hall–Kier alpha value is -1.26. The average Bonchev–Trinajstić information content (AvgIpc) is 2.98. The van der Waals surface area contributed by atoms with Gasteiger partial charge in [-0.15, -0.1) is 11.3 Å². The molecule has 19 heavy (non-hydrogen) atoms. The van der Waals surface area contributed by atoms with Gasteiger partial charge in [-0.2, -0.15) is 0 Å². The summed E-state index contributed by atoms with van der Waals surface area (Å²) in [4.78, 5) is 12.7. The van der Waals surface area contributed by atoms with E-state index < -0.39 is 0 Å². The van der Waals surface area contributed by atoms with E-state index in [4.69, 9.17) is 4.98 Å². The van der Waals surface area contributed by atoms with E-state index in [1.807, 2.05) is 23.7 Å². The van der Waals surface area contributed by atoms with Gasteiger partial charge in [0.15, 0.2) is 0 Å². The molecule has 0 bridgehead atoms. The predicted octanol–water partition coefficient (Wildman–Crippen LogP) is 2.70. The molecule has 0 radical (unpaired) electrons. The molecule has 0 saturated heterocycles. The Labute approximate surface area is 118 Å². The van der Waals surface area contributed by atoms with Crippen LogP contribution in [0.15, 0.2) is 24.5 Å². The summed E-state index contributed by atoms with van der Waals surface area (Å²) in [6.07, 6.45) is 8.53. The molecule has 3 rings (SSSR count). The maximum atomic E-state index is 4.75. The number of hydrogen-bond donors (Lipinski definition) is 0. The van der Waals surface area contributed by atoms with Crippen molar-refractivity contribution in [1.82, 2.24) is 14.9 Å². The second-order valence-electron chi connectivity index (χ2n) is 5.17. The second kappa shape index (κ2) is 5.80.